The van der Waals surface area contributed by atoms with E-state index in [4.69, 9.17) is 0 Å². The molecule has 2 aliphatic rings. The molecule has 0 N–H and O–H groups in total. The molecule has 1 aliphatic heterocycles. The van der Waals surface area contributed by atoms with Gasteiger partial charge in [0, 0.05) is 42.2 Å². The molecule has 0 radical (unpaired) electrons. The molecule has 1 saturated heterocycles. The van der Waals surface area contributed by atoms with Gasteiger partial charge in [0.1, 0.15) is 5.82 Å². The number of aromatic nitrogens is 2. The van der Waals surface area contributed by atoms with E-state index >= 15 is 0 Å². The first-order chi connectivity index (χ1) is 16.0. The topological polar surface area (TPSA) is 46.1 Å². The summed E-state index contributed by atoms with van der Waals surface area (Å²) in [5.74, 6) is 0.299. The molecule has 1 atom stereocenters. The van der Waals surface area contributed by atoms with E-state index in [0.29, 0.717) is 24.3 Å². The number of anilines is 1. The quantitative estimate of drug-likeness (QED) is 0.465. The van der Waals surface area contributed by atoms with Crippen molar-refractivity contribution in [3.63, 3.8) is 0 Å². The molecule has 5 heteroatoms. The minimum Gasteiger partial charge on any atom is -0.371 e. The van der Waals surface area contributed by atoms with Gasteiger partial charge in [-0.25, -0.2) is 4.39 Å². The van der Waals surface area contributed by atoms with Gasteiger partial charge in [-0.05, 0) is 79.6 Å². The summed E-state index contributed by atoms with van der Waals surface area (Å²) in [6.07, 6.45) is 5.21. The number of halogens is 1. The first-order valence-electron chi connectivity index (χ1n) is 12.0. The van der Waals surface area contributed by atoms with Gasteiger partial charge in [-0.3, -0.25) is 4.79 Å². The van der Waals surface area contributed by atoms with Gasteiger partial charge in [0.15, 0.2) is 5.78 Å². The second-order valence-corrected chi connectivity index (χ2v) is 8.84. The molecule has 0 bridgehead atoms. The Morgan fingerprint density at radius 1 is 1.00 bits per heavy atom. The molecular formula is C28H32FN3O. The van der Waals surface area contributed by atoms with Crippen molar-refractivity contribution in [2.45, 2.75) is 59.3 Å². The first-order valence-corrected chi connectivity index (χ1v) is 12.0. The molecule has 172 valence electrons. The SMILES string of the molecule is CC.Cc1ccc(-c2cc(N3CCC[C@@H](c4cnnc(C)c4)C3)cc3c2CCC3=O)c(F)c1. The van der Waals surface area contributed by atoms with Crippen molar-refractivity contribution in [2.75, 3.05) is 18.0 Å². The van der Waals surface area contributed by atoms with Gasteiger partial charge in [-0.15, -0.1) is 0 Å². The van der Waals surface area contributed by atoms with Crippen molar-refractivity contribution in [2.24, 2.45) is 0 Å². The summed E-state index contributed by atoms with van der Waals surface area (Å²) in [7, 11) is 0. The van der Waals surface area contributed by atoms with E-state index in [9.17, 15) is 9.18 Å². The molecular weight excluding hydrogens is 413 g/mol. The zero-order valence-electron chi connectivity index (χ0n) is 20.0. The normalized spacial score (nSPS) is 17.4. The summed E-state index contributed by atoms with van der Waals surface area (Å²) in [5.41, 5.74) is 7.22. The maximum atomic E-state index is 14.9. The number of hydrogen-bond donors (Lipinski definition) is 0. The lowest BCUT2D eigenvalue weighted by molar-refractivity contribution is 0.0994. The number of ketones is 1. The monoisotopic (exact) mass is 445 g/mol. The van der Waals surface area contributed by atoms with Crippen molar-refractivity contribution in [3.8, 4) is 11.1 Å². The number of piperidine rings is 1. The minimum absolute atomic E-state index is 0.160. The number of carbonyl (C=O) groups excluding carboxylic acids is 1. The van der Waals surface area contributed by atoms with Crippen LogP contribution >= 0.6 is 0 Å². The molecule has 0 amide bonds. The summed E-state index contributed by atoms with van der Waals surface area (Å²) in [4.78, 5) is 15.0. The Hall–Kier alpha value is -3.08. The molecule has 0 saturated carbocycles. The van der Waals surface area contributed by atoms with Gasteiger partial charge in [0.2, 0.25) is 0 Å². The molecule has 33 heavy (non-hydrogen) atoms. The number of hydrogen-bond acceptors (Lipinski definition) is 4. The Labute approximate surface area is 195 Å². The third-order valence-electron chi connectivity index (χ3n) is 6.61. The van der Waals surface area contributed by atoms with E-state index in [1.54, 1.807) is 6.07 Å². The van der Waals surface area contributed by atoms with Crippen molar-refractivity contribution >= 4 is 11.5 Å². The van der Waals surface area contributed by atoms with Crippen LogP contribution in [0.4, 0.5) is 10.1 Å². The smallest absolute Gasteiger partial charge is 0.163 e. The van der Waals surface area contributed by atoms with Crippen LogP contribution in [0.25, 0.3) is 11.1 Å². The Kier molecular flexibility index (Phi) is 6.87. The number of nitrogens with zero attached hydrogens (tertiary/aromatic N) is 3. The lowest BCUT2D eigenvalue weighted by Gasteiger charge is -2.35. The van der Waals surface area contributed by atoms with E-state index in [1.807, 2.05) is 52.1 Å². The van der Waals surface area contributed by atoms with Crippen LogP contribution in [0, 0.1) is 19.7 Å². The fourth-order valence-electron chi connectivity index (χ4n) is 5.01. The summed E-state index contributed by atoms with van der Waals surface area (Å²) in [5, 5.41) is 8.21. The molecule has 2 aromatic carbocycles. The Balaban J connectivity index is 0.00000126. The highest BCUT2D eigenvalue weighted by molar-refractivity contribution is 6.03. The van der Waals surface area contributed by atoms with Crippen LogP contribution < -0.4 is 4.90 Å². The molecule has 1 aromatic heterocycles. The van der Waals surface area contributed by atoms with E-state index in [1.165, 1.54) is 5.56 Å². The lowest BCUT2D eigenvalue weighted by Crippen LogP contribution is -2.34. The van der Waals surface area contributed by atoms with Crippen molar-refractivity contribution in [3.05, 3.63) is 76.4 Å². The Bertz CT molecular complexity index is 1170. The maximum absolute atomic E-state index is 14.9. The standard InChI is InChI=1S/C26H26FN3O.C2H6/c1-16-5-6-22(25(27)10-16)23-12-20(13-24-21(23)7-8-26(24)31)30-9-3-4-18(15-30)19-11-17(2)29-28-14-19;1-2/h5-6,10-14,18H,3-4,7-9,15H2,1-2H3;1-2H3/t18-;/m1./s1. The molecule has 1 fully saturated rings. The summed E-state index contributed by atoms with van der Waals surface area (Å²) in [6.45, 7) is 9.64. The molecule has 5 rings (SSSR count). The van der Waals surface area contributed by atoms with Crippen LogP contribution in [-0.2, 0) is 6.42 Å². The number of Topliss-reactive ketones (excluding diaryl/α,β-unsaturated/α-hetero) is 1. The van der Waals surface area contributed by atoms with Crippen molar-refractivity contribution in [1.29, 1.82) is 0 Å². The van der Waals surface area contributed by atoms with Crippen molar-refractivity contribution in [1.82, 2.24) is 10.2 Å². The number of carbonyl (C=O) groups is 1. The van der Waals surface area contributed by atoms with E-state index < -0.39 is 0 Å². The first kappa shape index (κ1) is 23.1. The van der Waals surface area contributed by atoms with Gasteiger partial charge in [0.25, 0.3) is 0 Å². The third kappa shape index (κ3) is 4.68. The molecule has 2 heterocycles. The zero-order valence-corrected chi connectivity index (χ0v) is 20.0. The average Bonchev–Trinajstić information content (AvgIpc) is 3.21. The lowest BCUT2D eigenvalue weighted by atomic mass is 9.90. The van der Waals surface area contributed by atoms with Crippen LogP contribution in [0.5, 0.6) is 0 Å². The van der Waals surface area contributed by atoms with Crippen LogP contribution in [-0.4, -0.2) is 29.1 Å². The summed E-state index contributed by atoms with van der Waals surface area (Å²) in [6, 6.07) is 11.6. The zero-order chi connectivity index (χ0) is 23.5. The molecule has 3 aromatic rings. The number of rotatable bonds is 3. The van der Waals surface area contributed by atoms with Gasteiger partial charge in [0.05, 0.1) is 11.9 Å². The number of benzene rings is 2. The van der Waals surface area contributed by atoms with Crippen LogP contribution in [0.1, 0.15) is 71.8 Å². The number of fused-ring (bicyclic) bond motifs is 1. The van der Waals surface area contributed by atoms with E-state index in [2.05, 4.69) is 27.2 Å². The highest BCUT2D eigenvalue weighted by Crippen LogP contribution is 2.39. The average molecular weight is 446 g/mol. The third-order valence-corrected chi connectivity index (χ3v) is 6.61. The number of aryl methyl sites for hydroxylation is 2. The second kappa shape index (κ2) is 9.82. The highest BCUT2D eigenvalue weighted by atomic mass is 19.1. The van der Waals surface area contributed by atoms with Gasteiger partial charge < -0.3 is 4.90 Å². The van der Waals surface area contributed by atoms with Gasteiger partial charge in [-0.2, -0.15) is 10.2 Å². The summed E-state index contributed by atoms with van der Waals surface area (Å²) < 4.78 is 14.9. The highest BCUT2D eigenvalue weighted by Gasteiger charge is 2.28. The predicted octanol–water partition coefficient (Wildman–Crippen LogP) is 6.44. The molecule has 1 aliphatic carbocycles. The fraction of sp³-hybridized carbons (Fsp3) is 0.393. The fourth-order valence-corrected chi connectivity index (χ4v) is 5.01. The second-order valence-electron chi connectivity index (χ2n) is 8.84. The predicted molar refractivity (Wildman–Crippen MR) is 132 cm³/mol. The minimum atomic E-state index is -0.228. The van der Waals surface area contributed by atoms with E-state index in [-0.39, 0.29) is 11.6 Å². The molecule has 4 nitrogen and oxygen atoms in total. The summed E-state index contributed by atoms with van der Waals surface area (Å²) >= 11 is 0. The van der Waals surface area contributed by atoms with Crippen LogP contribution in [0.15, 0.2) is 42.6 Å². The van der Waals surface area contributed by atoms with E-state index in [0.717, 1.165) is 59.6 Å². The van der Waals surface area contributed by atoms with Gasteiger partial charge >= 0.3 is 0 Å². The van der Waals surface area contributed by atoms with Crippen LogP contribution in [0.3, 0.4) is 0 Å². The Morgan fingerprint density at radius 3 is 2.55 bits per heavy atom. The van der Waals surface area contributed by atoms with Crippen LogP contribution in [0.2, 0.25) is 0 Å². The molecule has 0 unspecified atom stereocenters. The molecule has 0 spiro atoms. The van der Waals surface area contributed by atoms with Gasteiger partial charge in [-0.1, -0.05) is 26.0 Å². The Morgan fingerprint density at radius 2 is 1.79 bits per heavy atom. The largest absolute Gasteiger partial charge is 0.371 e. The van der Waals surface area contributed by atoms with Crippen molar-refractivity contribution < 1.29 is 9.18 Å². The maximum Gasteiger partial charge on any atom is 0.163 e.